The van der Waals surface area contributed by atoms with E-state index in [1.165, 1.54) is 55.7 Å². The third kappa shape index (κ3) is 5.02. The second-order valence-corrected chi connectivity index (χ2v) is 13.2. The maximum absolute atomic E-state index is 2.40. The van der Waals surface area contributed by atoms with Crippen molar-refractivity contribution in [3.63, 3.8) is 0 Å². The summed E-state index contributed by atoms with van der Waals surface area (Å²) in [5.41, 5.74) is 16.2. The number of hydrogen-bond donors (Lipinski definition) is 0. The molecule has 1 nitrogen and oxygen atoms in total. The summed E-state index contributed by atoms with van der Waals surface area (Å²) in [5, 5.41) is 0. The lowest BCUT2D eigenvalue weighted by atomic mass is 9.66. The predicted molar refractivity (Wildman–Crippen MR) is 210 cm³/mol. The van der Waals surface area contributed by atoms with Crippen LogP contribution in [0.15, 0.2) is 206 Å². The van der Waals surface area contributed by atoms with Crippen LogP contribution in [0.25, 0.3) is 27.8 Å². The number of benzene rings is 7. The molecule has 0 N–H and O–H groups in total. The average Bonchev–Trinajstić information content (AvgIpc) is 3.51. The maximum atomic E-state index is 2.40. The van der Waals surface area contributed by atoms with Crippen LogP contribution in [0.1, 0.15) is 35.1 Å². The van der Waals surface area contributed by atoms with Crippen LogP contribution >= 0.6 is 0 Å². The normalized spacial score (nSPS) is 16.2. The standard InChI is InChI=1S/C49H37N/c1-4-14-36(15-5-1)38-26-32-43(33-27-38)50(42-18-8-3-9-19-42)44-34-28-39(29-35-44)37-24-30-41(31-25-37)49(40-16-6-2-7-17-40)47-22-12-10-20-45(47)46-21-11-13-23-48(46)49/h1-10,12-20,22-35H,11,21H2. The van der Waals surface area contributed by atoms with Gasteiger partial charge in [-0.05, 0) is 105 Å². The Kier molecular flexibility index (Phi) is 7.59. The molecule has 0 saturated heterocycles. The van der Waals surface area contributed by atoms with Crippen molar-refractivity contribution in [2.45, 2.75) is 18.3 Å². The van der Waals surface area contributed by atoms with Crippen LogP contribution in [0.3, 0.4) is 0 Å². The number of para-hydroxylation sites is 1. The van der Waals surface area contributed by atoms with E-state index in [-0.39, 0.29) is 5.41 Å². The number of rotatable bonds is 7. The van der Waals surface area contributed by atoms with E-state index in [1.54, 1.807) is 0 Å². The molecule has 238 valence electrons. The molecule has 0 spiro atoms. The Hall–Kier alpha value is -6.18. The fourth-order valence-electron chi connectivity index (χ4n) is 8.16. The van der Waals surface area contributed by atoms with E-state index in [4.69, 9.17) is 0 Å². The van der Waals surface area contributed by atoms with Crippen molar-refractivity contribution in [3.05, 3.63) is 228 Å². The van der Waals surface area contributed by atoms with Crippen molar-refractivity contribution >= 4 is 22.6 Å². The first kappa shape index (κ1) is 29.9. The summed E-state index contributed by atoms with van der Waals surface area (Å²) >= 11 is 0. The molecule has 0 bridgehead atoms. The van der Waals surface area contributed by atoms with Crippen LogP contribution in [0.5, 0.6) is 0 Å². The quantitative estimate of drug-likeness (QED) is 0.168. The summed E-state index contributed by atoms with van der Waals surface area (Å²) < 4.78 is 0. The molecule has 50 heavy (non-hydrogen) atoms. The summed E-state index contributed by atoms with van der Waals surface area (Å²) in [5.74, 6) is 0. The van der Waals surface area contributed by atoms with Gasteiger partial charge in [0.25, 0.3) is 0 Å². The summed E-state index contributed by atoms with van der Waals surface area (Å²) in [6.45, 7) is 0. The van der Waals surface area contributed by atoms with E-state index in [9.17, 15) is 0 Å². The lowest BCUT2D eigenvalue weighted by Crippen LogP contribution is -2.29. The predicted octanol–water partition coefficient (Wildman–Crippen LogP) is 12.9. The second kappa shape index (κ2) is 12.7. The van der Waals surface area contributed by atoms with Crippen LogP contribution in [0.4, 0.5) is 17.1 Å². The molecule has 7 aromatic rings. The molecular formula is C49H37N. The van der Waals surface area contributed by atoms with Crippen LogP contribution < -0.4 is 4.90 Å². The van der Waals surface area contributed by atoms with E-state index in [1.807, 2.05) is 0 Å². The van der Waals surface area contributed by atoms with E-state index < -0.39 is 0 Å². The highest BCUT2D eigenvalue weighted by Crippen LogP contribution is 2.57. The fraction of sp³-hybridized carbons (Fsp3) is 0.0612. The molecule has 1 unspecified atom stereocenters. The van der Waals surface area contributed by atoms with Gasteiger partial charge in [0.2, 0.25) is 0 Å². The van der Waals surface area contributed by atoms with Gasteiger partial charge in [-0.3, -0.25) is 0 Å². The van der Waals surface area contributed by atoms with Gasteiger partial charge in [-0.15, -0.1) is 0 Å². The Bertz CT molecular complexity index is 2320. The Morgan fingerprint density at radius 2 is 0.860 bits per heavy atom. The molecule has 0 heterocycles. The van der Waals surface area contributed by atoms with E-state index in [0.29, 0.717) is 0 Å². The molecule has 1 atom stereocenters. The second-order valence-electron chi connectivity index (χ2n) is 13.2. The Labute approximate surface area is 295 Å². The first-order chi connectivity index (χ1) is 24.8. The lowest BCUT2D eigenvalue weighted by molar-refractivity contribution is 0.757. The summed E-state index contributed by atoms with van der Waals surface area (Å²) in [6, 6.07) is 68.5. The average molecular weight is 640 g/mol. The van der Waals surface area contributed by atoms with Gasteiger partial charge in [0.15, 0.2) is 0 Å². The Morgan fingerprint density at radius 1 is 0.400 bits per heavy atom. The van der Waals surface area contributed by atoms with Crippen molar-refractivity contribution in [1.29, 1.82) is 0 Å². The lowest BCUT2D eigenvalue weighted by Gasteiger charge is -2.35. The highest BCUT2D eigenvalue weighted by Gasteiger charge is 2.46. The van der Waals surface area contributed by atoms with Crippen molar-refractivity contribution < 1.29 is 0 Å². The Morgan fingerprint density at radius 3 is 1.48 bits per heavy atom. The van der Waals surface area contributed by atoms with Crippen molar-refractivity contribution in [3.8, 4) is 22.3 Å². The van der Waals surface area contributed by atoms with Crippen LogP contribution in [-0.2, 0) is 5.41 Å². The molecule has 9 rings (SSSR count). The first-order valence-corrected chi connectivity index (χ1v) is 17.6. The van der Waals surface area contributed by atoms with Gasteiger partial charge in [-0.25, -0.2) is 0 Å². The summed E-state index contributed by atoms with van der Waals surface area (Å²) in [6.07, 6.45) is 6.92. The molecule has 0 aliphatic heterocycles. The molecular weight excluding hydrogens is 603 g/mol. The van der Waals surface area contributed by atoms with Crippen molar-refractivity contribution in [2.24, 2.45) is 0 Å². The summed E-state index contributed by atoms with van der Waals surface area (Å²) in [7, 11) is 0. The molecule has 2 aliphatic rings. The van der Waals surface area contributed by atoms with Crippen LogP contribution in [0.2, 0.25) is 0 Å². The Balaban J connectivity index is 1.08. The smallest absolute Gasteiger partial charge is 0.0710 e. The van der Waals surface area contributed by atoms with Gasteiger partial charge < -0.3 is 4.90 Å². The SMILES string of the molecule is C1=CC2=C(CC1)c1ccccc1C2(c1ccccc1)c1ccc(-c2ccc(N(c3ccccc3)c3ccc(-c4ccccc4)cc3)cc2)cc1. The van der Waals surface area contributed by atoms with Gasteiger partial charge in [0.1, 0.15) is 0 Å². The van der Waals surface area contributed by atoms with Crippen LogP contribution in [0, 0.1) is 0 Å². The molecule has 0 amide bonds. The van der Waals surface area contributed by atoms with Gasteiger partial charge in [0, 0.05) is 17.1 Å². The number of nitrogens with zero attached hydrogens (tertiary/aromatic N) is 1. The maximum Gasteiger partial charge on any atom is 0.0710 e. The van der Waals surface area contributed by atoms with Gasteiger partial charge in [-0.1, -0.05) is 164 Å². The zero-order chi connectivity index (χ0) is 33.3. The number of fused-ring (bicyclic) bond motifs is 2. The monoisotopic (exact) mass is 639 g/mol. The van der Waals surface area contributed by atoms with E-state index in [0.717, 1.165) is 29.9 Å². The van der Waals surface area contributed by atoms with Crippen molar-refractivity contribution in [2.75, 3.05) is 4.90 Å². The molecule has 0 aromatic heterocycles. The summed E-state index contributed by atoms with van der Waals surface area (Å²) in [4.78, 5) is 2.33. The van der Waals surface area contributed by atoms with Gasteiger partial charge >= 0.3 is 0 Å². The molecule has 0 fully saturated rings. The number of allylic oxidation sites excluding steroid dienone is 4. The highest BCUT2D eigenvalue weighted by molar-refractivity contribution is 5.88. The zero-order valence-corrected chi connectivity index (χ0v) is 27.9. The minimum absolute atomic E-state index is 0.335. The topological polar surface area (TPSA) is 3.24 Å². The van der Waals surface area contributed by atoms with Gasteiger partial charge in [-0.2, -0.15) is 0 Å². The molecule has 0 saturated carbocycles. The molecule has 2 aliphatic carbocycles. The third-order valence-electron chi connectivity index (χ3n) is 10.5. The number of anilines is 3. The molecule has 0 radical (unpaired) electrons. The number of hydrogen-bond acceptors (Lipinski definition) is 1. The van der Waals surface area contributed by atoms with Gasteiger partial charge in [0.05, 0.1) is 5.41 Å². The highest BCUT2D eigenvalue weighted by atomic mass is 15.1. The minimum atomic E-state index is -0.335. The zero-order valence-electron chi connectivity index (χ0n) is 27.9. The van der Waals surface area contributed by atoms with E-state index >= 15 is 0 Å². The minimum Gasteiger partial charge on any atom is -0.311 e. The van der Waals surface area contributed by atoms with Crippen molar-refractivity contribution in [1.82, 2.24) is 0 Å². The first-order valence-electron chi connectivity index (χ1n) is 17.6. The molecule has 7 aromatic carbocycles. The largest absolute Gasteiger partial charge is 0.311 e. The fourth-order valence-corrected chi connectivity index (χ4v) is 8.16. The van der Waals surface area contributed by atoms with E-state index in [2.05, 4.69) is 205 Å². The third-order valence-corrected chi connectivity index (χ3v) is 10.5. The van der Waals surface area contributed by atoms with Crippen LogP contribution in [-0.4, -0.2) is 0 Å². The molecule has 1 heteroatoms.